The van der Waals surface area contributed by atoms with E-state index in [1.54, 1.807) is 0 Å². The van der Waals surface area contributed by atoms with Gasteiger partial charge in [-0.15, -0.1) is 0 Å². The van der Waals surface area contributed by atoms with Crippen molar-refractivity contribution in [2.24, 2.45) is 0 Å². The van der Waals surface area contributed by atoms with E-state index in [1.165, 1.54) is 0 Å². The van der Waals surface area contributed by atoms with Crippen LogP contribution in [0.15, 0.2) is 10.5 Å². The first-order chi connectivity index (χ1) is 6.36. The van der Waals surface area contributed by atoms with Crippen LogP contribution in [0.25, 0.3) is 0 Å². The molecule has 2 nitrogen and oxygen atoms in total. The molecule has 0 amide bonds. The van der Waals surface area contributed by atoms with Gasteiger partial charge in [-0.2, -0.15) is 0 Å². The highest BCUT2D eigenvalue weighted by Crippen LogP contribution is 2.30. The molecule has 1 heterocycles. The molecule has 0 atom stereocenters. The molecule has 0 radical (unpaired) electrons. The molecule has 0 spiro atoms. The van der Waals surface area contributed by atoms with Gasteiger partial charge in [0, 0.05) is 11.3 Å². The van der Waals surface area contributed by atoms with Gasteiger partial charge in [-0.3, -0.25) is 4.79 Å². The van der Waals surface area contributed by atoms with Crippen molar-refractivity contribution >= 4 is 6.29 Å². The summed E-state index contributed by atoms with van der Waals surface area (Å²) >= 11 is 0. The summed E-state index contributed by atoms with van der Waals surface area (Å²) in [5.41, 5.74) is 0.648. The molecule has 78 valence electrons. The Morgan fingerprint density at radius 3 is 2.21 bits per heavy atom. The first-order valence-electron chi connectivity index (χ1n) is 4.95. The fourth-order valence-corrected chi connectivity index (χ4v) is 1.33. The molecule has 0 unspecified atom stereocenters. The van der Waals surface area contributed by atoms with Crippen molar-refractivity contribution in [2.45, 2.75) is 46.0 Å². The van der Waals surface area contributed by atoms with E-state index in [1.807, 2.05) is 19.9 Å². The maximum absolute atomic E-state index is 10.8. The standard InChI is InChI=1S/C12H18O2/c1-8(2)11-9(7-13)6-10(14-11)12(3,4)5/h6-8H,1-5H3. The van der Waals surface area contributed by atoms with Gasteiger partial charge in [-0.1, -0.05) is 34.6 Å². The molecule has 0 N–H and O–H groups in total. The smallest absolute Gasteiger partial charge is 0.153 e. The number of carbonyl (C=O) groups excluding carboxylic acids is 1. The zero-order valence-corrected chi connectivity index (χ0v) is 9.55. The third-order valence-electron chi connectivity index (χ3n) is 2.18. The van der Waals surface area contributed by atoms with E-state index in [-0.39, 0.29) is 11.3 Å². The molecule has 0 aliphatic heterocycles. The van der Waals surface area contributed by atoms with Crippen molar-refractivity contribution in [1.82, 2.24) is 0 Å². The minimum atomic E-state index is -0.0368. The number of hydrogen-bond donors (Lipinski definition) is 0. The van der Waals surface area contributed by atoms with Gasteiger partial charge in [-0.05, 0) is 6.07 Å². The van der Waals surface area contributed by atoms with Gasteiger partial charge in [0.1, 0.15) is 11.5 Å². The summed E-state index contributed by atoms with van der Waals surface area (Å²) in [5.74, 6) is 1.93. The van der Waals surface area contributed by atoms with Crippen molar-refractivity contribution in [3.05, 3.63) is 23.2 Å². The zero-order valence-electron chi connectivity index (χ0n) is 9.55. The molecule has 2 heteroatoms. The van der Waals surface area contributed by atoms with Crippen molar-refractivity contribution < 1.29 is 9.21 Å². The van der Waals surface area contributed by atoms with Crippen LogP contribution in [-0.2, 0) is 5.41 Å². The predicted molar refractivity (Wildman–Crippen MR) is 56.9 cm³/mol. The van der Waals surface area contributed by atoms with Crippen molar-refractivity contribution in [3.8, 4) is 0 Å². The lowest BCUT2D eigenvalue weighted by Crippen LogP contribution is -2.09. The first-order valence-corrected chi connectivity index (χ1v) is 4.95. The average molecular weight is 194 g/mol. The van der Waals surface area contributed by atoms with Crippen LogP contribution < -0.4 is 0 Å². The van der Waals surface area contributed by atoms with Gasteiger partial charge in [0.2, 0.25) is 0 Å². The third-order valence-corrected chi connectivity index (χ3v) is 2.18. The fraction of sp³-hybridized carbons (Fsp3) is 0.583. The lowest BCUT2D eigenvalue weighted by atomic mass is 9.93. The van der Waals surface area contributed by atoms with Crippen LogP contribution in [0.4, 0.5) is 0 Å². The Hall–Kier alpha value is -1.05. The van der Waals surface area contributed by atoms with E-state index in [0.29, 0.717) is 5.56 Å². The van der Waals surface area contributed by atoms with Gasteiger partial charge in [0.05, 0.1) is 5.56 Å². The molecular weight excluding hydrogens is 176 g/mol. The monoisotopic (exact) mass is 194 g/mol. The van der Waals surface area contributed by atoms with E-state index in [0.717, 1.165) is 17.8 Å². The number of carbonyl (C=O) groups is 1. The SMILES string of the molecule is CC(C)c1oc(C(C)(C)C)cc1C=O. The van der Waals surface area contributed by atoms with E-state index in [2.05, 4.69) is 20.8 Å². The number of rotatable bonds is 2. The molecule has 14 heavy (non-hydrogen) atoms. The second kappa shape index (κ2) is 3.60. The summed E-state index contributed by atoms with van der Waals surface area (Å²) < 4.78 is 5.70. The zero-order chi connectivity index (χ0) is 10.9. The second-order valence-electron chi connectivity index (χ2n) is 4.95. The molecule has 0 aliphatic carbocycles. The Bertz CT molecular complexity index is 327. The van der Waals surface area contributed by atoms with Crippen LogP contribution in [0.5, 0.6) is 0 Å². The maximum atomic E-state index is 10.8. The topological polar surface area (TPSA) is 30.2 Å². The molecule has 0 aliphatic rings. The highest BCUT2D eigenvalue weighted by Gasteiger charge is 2.22. The second-order valence-corrected chi connectivity index (χ2v) is 4.95. The predicted octanol–water partition coefficient (Wildman–Crippen LogP) is 3.51. The van der Waals surface area contributed by atoms with E-state index >= 15 is 0 Å². The minimum Gasteiger partial charge on any atom is -0.464 e. The van der Waals surface area contributed by atoms with Gasteiger partial charge in [-0.25, -0.2) is 0 Å². The third kappa shape index (κ3) is 2.06. The first kappa shape index (κ1) is 11.0. The lowest BCUT2D eigenvalue weighted by Gasteiger charge is -2.14. The van der Waals surface area contributed by atoms with E-state index in [4.69, 9.17) is 4.42 Å². The Morgan fingerprint density at radius 2 is 1.93 bits per heavy atom. The Kier molecular flexibility index (Phi) is 2.84. The van der Waals surface area contributed by atoms with Crippen molar-refractivity contribution in [1.29, 1.82) is 0 Å². The molecule has 0 saturated carbocycles. The fourth-order valence-electron chi connectivity index (χ4n) is 1.33. The van der Waals surface area contributed by atoms with E-state index < -0.39 is 0 Å². The summed E-state index contributed by atoms with van der Waals surface area (Å²) in [6.07, 6.45) is 0.869. The van der Waals surface area contributed by atoms with Gasteiger partial charge in [0.25, 0.3) is 0 Å². The molecule has 0 fully saturated rings. The number of hydrogen-bond acceptors (Lipinski definition) is 2. The van der Waals surface area contributed by atoms with Crippen LogP contribution in [0.2, 0.25) is 0 Å². The Labute approximate surface area is 85.3 Å². The summed E-state index contributed by atoms with van der Waals surface area (Å²) in [6.45, 7) is 10.3. The summed E-state index contributed by atoms with van der Waals surface area (Å²) in [6, 6.07) is 1.85. The summed E-state index contributed by atoms with van der Waals surface area (Å²) in [5, 5.41) is 0. The Morgan fingerprint density at radius 1 is 1.36 bits per heavy atom. The van der Waals surface area contributed by atoms with Gasteiger partial charge >= 0.3 is 0 Å². The van der Waals surface area contributed by atoms with Gasteiger partial charge < -0.3 is 4.42 Å². The molecule has 1 rings (SSSR count). The molecule has 1 aromatic heterocycles. The molecule has 0 saturated heterocycles. The van der Waals surface area contributed by atoms with Crippen LogP contribution >= 0.6 is 0 Å². The summed E-state index contributed by atoms with van der Waals surface area (Å²) in [4.78, 5) is 10.8. The van der Waals surface area contributed by atoms with Crippen LogP contribution in [-0.4, -0.2) is 6.29 Å². The van der Waals surface area contributed by atoms with Crippen LogP contribution in [0.1, 0.15) is 62.4 Å². The van der Waals surface area contributed by atoms with Crippen molar-refractivity contribution in [2.75, 3.05) is 0 Å². The Balaban J connectivity index is 3.20. The van der Waals surface area contributed by atoms with Crippen LogP contribution in [0, 0.1) is 0 Å². The molecule has 0 bridgehead atoms. The number of aldehydes is 1. The number of furan rings is 1. The lowest BCUT2D eigenvalue weighted by molar-refractivity contribution is 0.112. The normalized spacial score (nSPS) is 12.1. The minimum absolute atomic E-state index is 0.0368. The average Bonchev–Trinajstić information content (AvgIpc) is 2.45. The summed E-state index contributed by atoms with van der Waals surface area (Å²) in [7, 11) is 0. The quantitative estimate of drug-likeness (QED) is 0.674. The maximum Gasteiger partial charge on any atom is 0.153 e. The molecular formula is C12H18O2. The van der Waals surface area contributed by atoms with E-state index in [9.17, 15) is 4.79 Å². The van der Waals surface area contributed by atoms with Gasteiger partial charge in [0.15, 0.2) is 6.29 Å². The molecule has 1 aromatic rings. The van der Waals surface area contributed by atoms with Crippen LogP contribution in [0.3, 0.4) is 0 Å². The van der Waals surface area contributed by atoms with Crippen molar-refractivity contribution in [3.63, 3.8) is 0 Å². The highest BCUT2D eigenvalue weighted by molar-refractivity contribution is 5.76. The highest BCUT2D eigenvalue weighted by atomic mass is 16.3. The largest absolute Gasteiger partial charge is 0.464 e. The molecule has 0 aromatic carbocycles.